The van der Waals surface area contributed by atoms with Crippen LogP contribution in [0.3, 0.4) is 0 Å². The van der Waals surface area contributed by atoms with E-state index in [4.69, 9.17) is 4.74 Å². The molecule has 1 amide bonds. The minimum absolute atomic E-state index is 0.278. The molecule has 2 aliphatic rings. The Morgan fingerprint density at radius 3 is 2.90 bits per heavy atom. The Kier molecular flexibility index (Phi) is 5.40. The fourth-order valence-electron chi connectivity index (χ4n) is 3.92. The van der Waals surface area contributed by atoms with Crippen LogP contribution < -0.4 is 9.46 Å². The number of thiazole rings is 1. The average Bonchev–Trinajstić information content (AvgIpc) is 3.34. The molecule has 1 saturated carbocycles. The second-order valence-electron chi connectivity index (χ2n) is 8.58. The number of benzene rings is 2. The van der Waals surface area contributed by atoms with E-state index in [9.17, 15) is 9.00 Å². The first kappa shape index (κ1) is 20.4. The van der Waals surface area contributed by atoms with Gasteiger partial charge in [-0.3, -0.25) is 9.52 Å². The SMILES string of the molecule is CC1(S(=O)NC(=O)c2ccccc2-c2ccc3c(c2)OC[C@H](Cc2cscn2)C3)CC1. The monoisotopic (exact) mass is 452 g/mol. The van der Waals surface area contributed by atoms with Gasteiger partial charge in [0.15, 0.2) is 0 Å². The lowest BCUT2D eigenvalue weighted by Gasteiger charge is -2.25. The molecule has 0 radical (unpaired) electrons. The first-order chi connectivity index (χ1) is 15.0. The van der Waals surface area contributed by atoms with Crippen LogP contribution in [0.15, 0.2) is 53.4 Å². The molecule has 5 rings (SSSR count). The largest absolute Gasteiger partial charge is 0.493 e. The van der Waals surface area contributed by atoms with Crippen molar-refractivity contribution in [2.75, 3.05) is 6.61 Å². The van der Waals surface area contributed by atoms with Crippen LogP contribution in [-0.4, -0.2) is 26.5 Å². The van der Waals surface area contributed by atoms with Gasteiger partial charge in [0.2, 0.25) is 0 Å². The number of hydrogen-bond donors (Lipinski definition) is 1. The highest BCUT2D eigenvalue weighted by atomic mass is 32.2. The minimum atomic E-state index is -1.37. The zero-order valence-corrected chi connectivity index (χ0v) is 18.9. The third-order valence-corrected chi connectivity index (χ3v) is 8.41. The van der Waals surface area contributed by atoms with Gasteiger partial charge >= 0.3 is 0 Å². The molecule has 0 spiro atoms. The third kappa shape index (κ3) is 4.29. The van der Waals surface area contributed by atoms with Crippen molar-refractivity contribution < 1.29 is 13.7 Å². The molecule has 1 aromatic heterocycles. The zero-order chi connectivity index (χ0) is 21.4. The molecule has 2 heterocycles. The van der Waals surface area contributed by atoms with Gasteiger partial charge in [-0.2, -0.15) is 0 Å². The number of carbonyl (C=O) groups excluding carboxylic acids is 1. The summed E-state index contributed by atoms with van der Waals surface area (Å²) in [6, 6.07) is 13.6. The van der Waals surface area contributed by atoms with Crippen molar-refractivity contribution >= 4 is 28.2 Å². The maximum absolute atomic E-state index is 12.9. The Balaban J connectivity index is 1.36. The van der Waals surface area contributed by atoms with E-state index in [0.717, 1.165) is 48.3 Å². The smallest absolute Gasteiger partial charge is 0.263 e. The van der Waals surface area contributed by atoms with Gasteiger partial charge in [-0.1, -0.05) is 30.3 Å². The number of nitrogens with zero attached hydrogens (tertiary/aromatic N) is 1. The molecule has 0 saturated heterocycles. The van der Waals surface area contributed by atoms with Gasteiger partial charge in [-0.25, -0.2) is 9.19 Å². The van der Waals surface area contributed by atoms with Gasteiger partial charge in [0.25, 0.3) is 5.91 Å². The normalized spacial score (nSPS) is 19.7. The number of ether oxygens (including phenoxy) is 1. The molecule has 1 fully saturated rings. The van der Waals surface area contributed by atoms with Gasteiger partial charge in [0, 0.05) is 16.9 Å². The van der Waals surface area contributed by atoms with E-state index in [0.29, 0.717) is 18.1 Å². The van der Waals surface area contributed by atoms with Crippen LogP contribution in [0.5, 0.6) is 5.75 Å². The van der Waals surface area contributed by atoms with E-state index >= 15 is 0 Å². The van der Waals surface area contributed by atoms with Crippen LogP contribution in [-0.2, 0) is 23.8 Å². The Morgan fingerprint density at radius 2 is 2.13 bits per heavy atom. The fourth-order valence-corrected chi connectivity index (χ4v) is 5.49. The summed E-state index contributed by atoms with van der Waals surface area (Å²) in [5.74, 6) is 0.984. The zero-order valence-electron chi connectivity index (χ0n) is 17.3. The predicted molar refractivity (Wildman–Crippen MR) is 124 cm³/mol. The number of amides is 1. The number of rotatable bonds is 6. The molecule has 1 N–H and O–H groups in total. The summed E-state index contributed by atoms with van der Waals surface area (Å²) < 4.78 is 21.0. The summed E-state index contributed by atoms with van der Waals surface area (Å²) >= 11 is 1.62. The van der Waals surface area contributed by atoms with Crippen molar-refractivity contribution in [1.82, 2.24) is 9.71 Å². The van der Waals surface area contributed by atoms with Crippen LogP contribution in [0.2, 0.25) is 0 Å². The molecule has 2 aromatic carbocycles. The standard InChI is InChI=1S/C24H24N2O3S2/c1-24(8-9-24)31(28)26-23(27)21-5-3-2-4-20(21)17-6-7-18-10-16(13-29-22(18)12-17)11-19-14-30-15-25-19/h2-7,12,14-16H,8-11,13H2,1H3,(H,26,27)/t16-,31?/m0/s1. The molecule has 1 unspecified atom stereocenters. The van der Waals surface area contributed by atoms with Crippen LogP contribution in [0.25, 0.3) is 11.1 Å². The highest BCUT2D eigenvalue weighted by molar-refractivity contribution is 7.85. The summed E-state index contributed by atoms with van der Waals surface area (Å²) in [7, 11) is -1.37. The van der Waals surface area contributed by atoms with E-state index < -0.39 is 11.0 Å². The molecule has 2 atom stereocenters. The molecule has 160 valence electrons. The fraction of sp³-hybridized carbons (Fsp3) is 0.333. The summed E-state index contributed by atoms with van der Waals surface area (Å²) in [5, 5.41) is 2.09. The quantitative estimate of drug-likeness (QED) is 0.596. The Bertz CT molecular complexity index is 1140. The van der Waals surface area contributed by atoms with Gasteiger partial charge < -0.3 is 4.74 Å². The maximum atomic E-state index is 12.9. The van der Waals surface area contributed by atoms with E-state index in [1.807, 2.05) is 42.8 Å². The highest BCUT2D eigenvalue weighted by Crippen LogP contribution is 2.40. The van der Waals surface area contributed by atoms with E-state index in [-0.39, 0.29) is 10.7 Å². The van der Waals surface area contributed by atoms with Crippen LogP contribution in [0, 0.1) is 5.92 Å². The number of aromatic nitrogens is 1. The average molecular weight is 453 g/mol. The van der Waals surface area contributed by atoms with Gasteiger partial charge in [0.05, 0.1) is 22.6 Å². The third-order valence-electron chi connectivity index (χ3n) is 6.10. The van der Waals surface area contributed by atoms with E-state index in [1.54, 1.807) is 17.4 Å². The maximum Gasteiger partial charge on any atom is 0.263 e. The van der Waals surface area contributed by atoms with E-state index in [1.165, 1.54) is 5.56 Å². The van der Waals surface area contributed by atoms with Gasteiger partial charge in [-0.15, -0.1) is 11.3 Å². The first-order valence-corrected chi connectivity index (χ1v) is 12.6. The Labute approximate surface area is 188 Å². The van der Waals surface area contributed by atoms with Gasteiger partial charge in [0.1, 0.15) is 16.7 Å². The van der Waals surface area contributed by atoms with Gasteiger partial charge in [-0.05, 0) is 61.4 Å². The Morgan fingerprint density at radius 1 is 1.29 bits per heavy atom. The van der Waals surface area contributed by atoms with Crippen molar-refractivity contribution in [3.05, 3.63) is 70.2 Å². The van der Waals surface area contributed by atoms with Crippen molar-refractivity contribution in [3.63, 3.8) is 0 Å². The molecule has 31 heavy (non-hydrogen) atoms. The molecule has 0 bridgehead atoms. The minimum Gasteiger partial charge on any atom is -0.493 e. The summed E-state index contributed by atoms with van der Waals surface area (Å²) in [5.41, 5.74) is 6.43. The van der Waals surface area contributed by atoms with Crippen LogP contribution in [0.1, 0.15) is 41.4 Å². The topological polar surface area (TPSA) is 68.3 Å². The lowest BCUT2D eigenvalue weighted by molar-refractivity contribution is 0.0983. The second kappa shape index (κ2) is 8.20. The summed E-state index contributed by atoms with van der Waals surface area (Å²) in [6.45, 7) is 2.60. The lowest BCUT2D eigenvalue weighted by Crippen LogP contribution is -2.33. The summed E-state index contributed by atoms with van der Waals surface area (Å²) in [6.07, 6.45) is 3.64. The molecule has 1 aliphatic carbocycles. The molecular formula is C24H24N2O3S2. The van der Waals surface area contributed by atoms with Crippen LogP contribution >= 0.6 is 11.3 Å². The number of fused-ring (bicyclic) bond motifs is 1. The summed E-state index contributed by atoms with van der Waals surface area (Å²) in [4.78, 5) is 17.3. The number of hydrogen-bond acceptors (Lipinski definition) is 5. The van der Waals surface area contributed by atoms with Crippen molar-refractivity contribution in [2.45, 2.75) is 37.4 Å². The highest BCUT2D eigenvalue weighted by Gasteiger charge is 2.44. The number of carbonyl (C=O) groups is 1. The lowest BCUT2D eigenvalue weighted by atomic mass is 9.91. The van der Waals surface area contributed by atoms with Crippen molar-refractivity contribution in [2.24, 2.45) is 5.92 Å². The molecule has 1 aliphatic heterocycles. The molecule has 7 heteroatoms. The number of nitrogens with one attached hydrogen (secondary N) is 1. The van der Waals surface area contributed by atoms with Crippen molar-refractivity contribution in [3.8, 4) is 16.9 Å². The first-order valence-electron chi connectivity index (χ1n) is 10.5. The predicted octanol–water partition coefficient (Wildman–Crippen LogP) is 4.55. The van der Waals surface area contributed by atoms with Crippen LogP contribution in [0.4, 0.5) is 0 Å². The second-order valence-corrected chi connectivity index (χ2v) is 11.0. The Hall–Kier alpha value is -2.51. The van der Waals surface area contributed by atoms with E-state index in [2.05, 4.69) is 21.2 Å². The molecule has 5 nitrogen and oxygen atoms in total. The molecular weight excluding hydrogens is 428 g/mol. The van der Waals surface area contributed by atoms with Crippen molar-refractivity contribution in [1.29, 1.82) is 0 Å². The molecule has 3 aromatic rings.